The second-order valence-electron chi connectivity index (χ2n) is 13.6. The molecule has 0 saturated heterocycles. The van der Waals surface area contributed by atoms with E-state index in [1.807, 2.05) is 36.4 Å². The summed E-state index contributed by atoms with van der Waals surface area (Å²) in [5.41, 5.74) is 8.27. The van der Waals surface area contributed by atoms with Crippen LogP contribution in [0.4, 0.5) is 0 Å². The Morgan fingerprint density at radius 1 is 0.365 bits per heavy atom. The third kappa shape index (κ3) is 3.21. The van der Waals surface area contributed by atoms with Crippen LogP contribution in [0.3, 0.4) is 0 Å². The van der Waals surface area contributed by atoms with Gasteiger partial charge in [0.25, 0.3) is 0 Å². The van der Waals surface area contributed by atoms with Crippen LogP contribution in [0.2, 0.25) is 0 Å². The molecular weight excluding hydrogens is 643 g/mol. The van der Waals surface area contributed by atoms with Gasteiger partial charge in [0.1, 0.15) is 27.9 Å². The van der Waals surface area contributed by atoms with E-state index in [1.165, 1.54) is 10.8 Å². The molecule has 6 heteroatoms. The lowest BCUT2D eigenvalue weighted by atomic mass is 9.95. The van der Waals surface area contributed by atoms with Gasteiger partial charge in [-0.3, -0.25) is 4.57 Å². The van der Waals surface area contributed by atoms with Crippen LogP contribution in [0.25, 0.3) is 127 Å². The van der Waals surface area contributed by atoms with Crippen LogP contribution in [0.15, 0.2) is 153 Å². The molecule has 52 heavy (non-hydrogen) atoms. The molecular formula is C46H23N3O3. The molecule has 0 atom stereocenters. The van der Waals surface area contributed by atoms with Crippen molar-refractivity contribution in [3.05, 3.63) is 140 Å². The first-order valence-electron chi connectivity index (χ1n) is 17.4. The molecule has 13 rings (SSSR count). The van der Waals surface area contributed by atoms with Crippen molar-refractivity contribution in [2.45, 2.75) is 0 Å². The Labute approximate surface area is 293 Å². The third-order valence-corrected chi connectivity index (χ3v) is 11.0. The number of benzene rings is 7. The Balaban J connectivity index is 1.24. The lowest BCUT2D eigenvalue weighted by Gasteiger charge is -2.10. The number of aromatic nitrogens is 3. The molecule has 0 unspecified atom stereocenters. The van der Waals surface area contributed by atoms with Gasteiger partial charge in [0.2, 0.25) is 11.7 Å². The minimum absolute atomic E-state index is 0.520. The first-order valence-corrected chi connectivity index (χ1v) is 17.4. The van der Waals surface area contributed by atoms with E-state index in [1.54, 1.807) is 0 Å². The molecule has 240 valence electrons. The van der Waals surface area contributed by atoms with Gasteiger partial charge in [0.05, 0.1) is 22.1 Å². The maximum atomic E-state index is 6.59. The van der Waals surface area contributed by atoms with Gasteiger partial charge >= 0.3 is 0 Å². The Morgan fingerprint density at radius 2 is 0.981 bits per heavy atom. The van der Waals surface area contributed by atoms with Crippen LogP contribution >= 0.6 is 0 Å². The summed E-state index contributed by atoms with van der Waals surface area (Å²) in [5, 5.41) is 13.1. The molecule has 6 nitrogen and oxygen atoms in total. The van der Waals surface area contributed by atoms with E-state index in [4.69, 9.17) is 23.2 Å². The minimum atomic E-state index is 0.520. The largest absolute Gasteiger partial charge is 0.456 e. The SMILES string of the molecule is c1ccc2c(c1)oc1c(-c3nc(-n4c5cccc6c7ccccc7c7cccc8oc9ccc4c(c9c87)c65)nc4oc5ccccc5c34)cccc12. The Morgan fingerprint density at radius 3 is 1.83 bits per heavy atom. The van der Waals surface area contributed by atoms with E-state index >= 15 is 0 Å². The minimum Gasteiger partial charge on any atom is -0.456 e. The molecule has 13 aromatic rings. The monoisotopic (exact) mass is 665 g/mol. The summed E-state index contributed by atoms with van der Waals surface area (Å²) in [4.78, 5) is 10.7. The van der Waals surface area contributed by atoms with E-state index in [2.05, 4.69) is 108 Å². The van der Waals surface area contributed by atoms with Gasteiger partial charge in [-0.25, -0.2) is 4.98 Å². The highest BCUT2D eigenvalue weighted by molar-refractivity contribution is 6.38. The van der Waals surface area contributed by atoms with Gasteiger partial charge in [-0.1, -0.05) is 97.1 Å². The number of rotatable bonds is 2. The van der Waals surface area contributed by atoms with E-state index < -0.39 is 0 Å². The zero-order valence-electron chi connectivity index (χ0n) is 27.3. The highest BCUT2D eigenvalue weighted by atomic mass is 16.3. The lowest BCUT2D eigenvalue weighted by Crippen LogP contribution is -2.03. The van der Waals surface area contributed by atoms with E-state index in [0.717, 1.165) is 104 Å². The topological polar surface area (TPSA) is 70.1 Å². The molecule has 0 fully saturated rings. The molecule has 0 saturated carbocycles. The summed E-state index contributed by atoms with van der Waals surface area (Å²) in [7, 11) is 0. The average molecular weight is 666 g/mol. The predicted molar refractivity (Wildman–Crippen MR) is 210 cm³/mol. The van der Waals surface area contributed by atoms with Crippen molar-refractivity contribution in [2.75, 3.05) is 0 Å². The fourth-order valence-corrected chi connectivity index (χ4v) is 8.91. The Bertz CT molecular complexity index is 3650. The molecule has 0 aliphatic heterocycles. The van der Waals surface area contributed by atoms with Gasteiger partial charge in [-0.05, 0) is 64.0 Å². The Kier molecular flexibility index (Phi) is 4.78. The van der Waals surface area contributed by atoms with Crippen LogP contribution in [-0.4, -0.2) is 14.5 Å². The molecule has 0 aliphatic rings. The molecule has 0 amide bonds. The quantitative estimate of drug-likeness (QED) is 0.184. The summed E-state index contributed by atoms with van der Waals surface area (Å²) in [5.74, 6) is 0.520. The first-order chi connectivity index (χ1) is 25.8. The standard InChI is InChI=1S/C46H23N3O3/c1-2-11-25-24(10-1)27-14-8-18-32-38(27)41-33(22-23-37-42(41)39-28(25)15-9-21-36(39)50-37)49(32)46-47-43(40-30-13-4-6-20-35(30)52-45(40)48-46)31-17-7-16-29-26-12-3-5-19-34(26)51-44(29)31/h1-23H. The van der Waals surface area contributed by atoms with Gasteiger partial charge < -0.3 is 13.3 Å². The normalized spacial score (nSPS) is 12.6. The van der Waals surface area contributed by atoms with Crippen LogP contribution in [0.5, 0.6) is 0 Å². The van der Waals surface area contributed by atoms with Crippen LogP contribution in [-0.2, 0) is 0 Å². The van der Waals surface area contributed by atoms with Crippen molar-refractivity contribution < 1.29 is 13.3 Å². The van der Waals surface area contributed by atoms with E-state index in [0.29, 0.717) is 11.7 Å². The summed E-state index contributed by atoms with van der Waals surface area (Å²) in [6.07, 6.45) is 0. The number of hydrogen-bond acceptors (Lipinski definition) is 5. The van der Waals surface area contributed by atoms with Gasteiger partial charge in [0.15, 0.2) is 0 Å². The number of para-hydroxylation sites is 3. The van der Waals surface area contributed by atoms with Crippen LogP contribution < -0.4 is 0 Å². The summed E-state index contributed by atoms with van der Waals surface area (Å²) < 4.78 is 21.9. The summed E-state index contributed by atoms with van der Waals surface area (Å²) in [6, 6.07) is 48.3. The molecule has 0 N–H and O–H groups in total. The second-order valence-corrected chi connectivity index (χ2v) is 13.6. The summed E-state index contributed by atoms with van der Waals surface area (Å²) >= 11 is 0. The Hall–Kier alpha value is -7.18. The smallest absolute Gasteiger partial charge is 0.238 e. The summed E-state index contributed by atoms with van der Waals surface area (Å²) in [6.45, 7) is 0. The van der Waals surface area contributed by atoms with Crippen LogP contribution in [0, 0.1) is 0 Å². The fourth-order valence-electron chi connectivity index (χ4n) is 8.91. The number of hydrogen-bond donors (Lipinski definition) is 0. The van der Waals surface area contributed by atoms with Crippen molar-refractivity contribution in [3.63, 3.8) is 0 Å². The van der Waals surface area contributed by atoms with Crippen molar-refractivity contribution >= 4 is 109 Å². The van der Waals surface area contributed by atoms with Gasteiger partial charge in [0, 0.05) is 43.3 Å². The highest BCUT2D eigenvalue weighted by Crippen LogP contribution is 2.47. The third-order valence-electron chi connectivity index (χ3n) is 11.0. The highest BCUT2D eigenvalue weighted by Gasteiger charge is 2.26. The van der Waals surface area contributed by atoms with Crippen molar-refractivity contribution in [3.8, 4) is 17.2 Å². The number of nitrogens with zero attached hydrogens (tertiary/aromatic N) is 3. The van der Waals surface area contributed by atoms with E-state index in [9.17, 15) is 0 Å². The van der Waals surface area contributed by atoms with Crippen LogP contribution in [0.1, 0.15) is 0 Å². The van der Waals surface area contributed by atoms with Crippen molar-refractivity contribution in [2.24, 2.45) is 0 Å². The molecule has 0 bridgehead atoms. The first kappa shape index (κ1) is 26.7. The number of fused-ring (bicyclic) bond motifs is 9. The maximum Gasteiger partial charge on any atom is 0.238 e. The van der Waals surface area contributed by atoms with E-state index in [-0.39, 0.29) is 0 Å². The molecule has 0 spiro atoms. The molecule has 5 heterocycles. The molecule has 0 aliphatic carbocycles. The van der Waals surface area contributed by atoms with Crippen molar-refractivity contribution in [1.29, 1.82) is 0 Å². The molecule has 8 aromatic carbocycles. The second kappa shape index (κ2) is 9.33. The lowest BCUT2D eigenvalue weighted by molar-refractivity contribution is 0.651. The average Bonchev–Trinajstić information content (AvgIpc) is 3.95. The maximum absolute atomic E-state index is 6.59. The van der Waals surface area contributed by atoms with Gasteiger partial charge in [-0.2, -0.15) is 4.98 Å². The molecule has 5 aromatic heterocycles. The molecule has 0 radical (unpaired) electrons. The van der Waals surface area contributed by atoms with Gasteiger partial charge in [-0.15, -0.1) is 0 Å². The predicted octanol–water partition coefficient (Wildman–Crippen LogP) is 12.7. The van der Waals surface area contributed by atoms with Crippen molar-refractivity contribution in [1.82, 2.24) is 14.5 Å². The number of furan rings is 3. The zero-order chi connectivity index (χ0) is 33.7. The zero-order valence-corrected chi connectivity index (χ0v) is 27.3. The fraction of sp³-hybridized carbons (Fsp3) is 0.